The van der Waals surface area contributed by atoms with E-state index < -0.39 is 0 Å². The van der Waals surface area contributed by atoms with Crippen molar-refractivity contribution in [2.45, 2.75) is 19.4 Å². The van der Waals surface area contributed by atoms with E-state index >= 15 is 0 Å². The third-order valence-electron chi connectivity index (χ3n) is 6.76. The summed E-state index contributed by atoms with van der Waals surface area (Å²) in [6, 6.07) is 14.4. The third kappa shape index (κ3) is 5.11. The predicted octanol–water partition coefficient (Wildman–Crippen LogP) is 3.88. The second-order valence-corrected chi connectivity index (χ2v) is 9.44. The molecule has 2 aromatic carbocycles. The summed E-state index contributed by atoms with van der Waals surface area (Å²) < 4.78 is 1.68. The third-order valence-corrected chi connectivity index (χ3v) is 6.76. The lowest BCUT2D eigenvalue weighted by atomic mass is 9.93. The van der Waals surface area contributed by atoms with Gasteiger partial charge < -0.3 is 20.1 Å². The maximum Gasteiger partial charge on any atom is 0.269 e. The van der Waals surface area contributed by atoms with E-state index in [0.29, 0.717) is 31.7 Å². The van der Waals surface area contributed by atoms with Gasteiger partial charge in [-0.05, 0) is 59.0 Å². The number of hydrogen-bond acceptors (Lipinski definition) is 5. The smallest absolute Gasteiger partial charge is 0.269 e. The van der Waals surface area contributed by atoms with Gasteiger partial charge >= 0.3 is 0 Å². The minimum Gasteiger partial charge on any atom is -0.388 e. The van der Waals surface area contributed by atoms with Crippen molar-refractivity contribution < 1.29 is 9.59 Å². The minimum absolute atomic E-state index is 0.0738. The lowest BCUT2D eigenvalue weighted by Crippen LogP contribution is -2.35. The Morgan fingerprint density at radius 1 is 1.11 bits per heavy atom. The van der Waals surface area contributed by atoms with Gasteiger partial charge in [-0.3, -0.25) is 14.3 Å². The molecule has 0 saturated heterocycles. The normalized spacial score (nSPS) is 13.5. The molecule has 0 spiro atoms. The molecular weight excluding hydrogens is 466 g/mol. The molecule has 3 heterocycles. The van der Waals surface area contributed by atoms with Gasteiger partial charge in [0.05, 0.1) is 12.7 Å². The van der Waals surface area contributed by atoms with Crippen molar-refractivity contribution in [2.24, 2.45) is 0 Å². The summed E-state index contributed by atoms with van der Waals surface area (Å²) in [5.74, 6) is 0.0269. The van der Waals surface area contributed by atoms with Gasteiger partial charge in [0.15, 0.2) is 0 Å². The van der Waals surface area contributed by atoms with Gasteiger partial charge in [0.2, 0.25) is 5.91 Å². The van der Waals surface area contributed by atoms with Crippen LogP contribution in [0.2, 0.25) is 0 Å². The van der Waals surface area contributed by atoms with Crippen LogP contribution in [-0.4, -0.2) is 75.8 Å². The van der Waals surface area contributed by atoms with Crippen LogP contribution in [0.15, 0.2) is 60.9 Å². The van der Waals surface area contributed by atoms with Gasteiger partial charge in [-0.15, -0.1) is 5.10 Å². The molecule has 1 aliphatic rings. The number of benzene rings is 2. The molecule has 5 rings (SSSR count). The number of rotatable bonds is 7. The first-order valence-corrected chi connectivity index (χ1v) is 12.4. The fourth-order valence-corrected chi connectivity index (χ4v) is 4.72. The molecule has 9 heteroatoms. The number of carbonyl (C=O) groups is 2. The summed E-state index contributed by atoms with van der Waals surface area (Å²) in [6.07, 6.45) is 6.77. The SMILES string of the molecule is CNc1ccc(-c2cc(C3=CCCN(C(=O)CCn4ccnn4)C3)cc3[nH]c(C(=O)N(C)C)cc23)cc1. The van der Waals surface area contributed by atoms with E-state index in [1.54, 1.807) is 36.1 Å². The lowest BCUT2D eigenvalue weighted by Gasteiger charge is -2.28. The second kappa shape index (κ2) is 10.3. The second-order valence-electron chi connectivity index (χ2n) is 9.44. The van der Waals surface area contributed by atoms with Crippen molar-refractivity contribution >= 4 is 34.0 Å². The largest absolute Gasteiger partial charge is 0.388 e. The van der Waals surface area contributed by atoms with Crippen LogP contribution in [0.1, 0.15) is 28.9 Å². The molecule has 0 radical (unpaired) electrons. The van der Waals surface area contributed by atoms with E-state index in [0.717, 1.165) is 45.3 Å². The summed E-state index contributed by atoms with van der Waals surface area (Å²) >= 11 is 0. The van der Waals surface area contributed by atoms with Crippen LogP contribution in [-0.2, 0) is 11.3 Å². The van der Waals surface area contributed by atoms with Gasteiger partial charge in [-0.2, -0.15) is 0 Å². The first kappa shape index (κ1) is 24.3. The molecule has 0 aliphatic carbocycles. The van der Waals surface area contributed by atoms with Crippen LogP contribution in [0, 0.1) is 0 Å². The zero-order chi connectivity index (χ0) is 25.9. The van der Waals surface area contributed by atoms with Gasteiger partial charge in [-0.1, -0.05) is 23.4 Å². The Labute approximate surface area is 215 Å². The molecule has 0 fully saturated rings. The Kier molecular flexibility index (Phi) is 6.76. The molecule has 9 nitrogen and oxygen atoms in total. The molecule has 1 aliphatic heterocycles. The molecule has 2 N–H and O–H groups in total. The van der Waals surface area contributed by atoms with Crippen molar-refractivity contribution in [3.63, 3.8) is 0 Å². The summed E-state index contributed by atoms with van der Waals surface area (Å²) in [7, 11) is 5.39. The van der Waals surface area contributed by atoms with Crippen molar-refractivity contribution in [1.29, 1.82) is 0 Å². The van der Waals surface area contributed by atoms with Crippen LogP contribution in [0.3, 0.4) is 0 Å². The fourth-order valence-electron chi connectivity index (χ4n) is 4.72. The van der Waals surface area contributed by atoms with Crippen molar-refractivity contribution in [2.75, 3.05) is 39.5 Å². The number of hydrogen-bond donors (Lipinski definition) is 2. The van der Waals surface area contributed by atoms with Gasteiger partial charge in [0.1, 0.15) is 5.69 Å². The minimum atomic E-state index is -0.0738. The maximum absolute atomic E-state index is 13.0. The number of aromatic amines is 1. The highest BCUT2D eigenvalue weighted by molar-refractivity contribution is 6.04. The average Bonchev–Trinajstić information content (AvgIpc) is 3.61. The number of nitrogens with zero attached hydrogens (tertiary/aromatic N) is 5. The Balaban J connectivity index is 1.48. The van der Waals surface area contributed by atoms with E-state index in [4.69, 9.17) is 0 Å². The molecular formula is C28H31N7O2. The number of aromatic nitrogens is 4. The lowest BCUT2D eigenvalue weighted by molar-refractivity contribution is -0.131. The van der Waals surface area contributed by atoms with Gasteiger partial charge in [0.25, 0.3) is 5.91 Å². The zero-order valence-corrected chi connectivity index (χ0v) is 21.4. The van der Waals surface area contributed by atoms with Crippen LogP contribution >= 0.6 is 0 Å². The van der Waals surface area contributed by atoms with Crippen molar-refractivity contribution in [3.05, 3.63) is 72.2 Å². The molecule has 2 aromatic heterocycles. The summed E-state index contributed by atoms with van der Waals surface area (Å²) in [5, 5.41) is 11.9. The summed E-state index contributed by atoms with van der Waals surface area (Å²) in [5.41, 5.74) is 6.72. The molecule has 0 unspecified atom stereocenters. The van der Waals surface area contributed by atoms with E-state index in [-0.39, 0.29) is 11.8 Å². The number of aryl methyl sites for hydroxylation is 1. The van der Waals surface area contributed by atoms with Crippen molar-refractivity contribution in [3.8, 4) is 11.1 Å². The molecule has 2 amide bonds. The Morgan fingerprint density at radius 3 is 2.62 bits per heavy atom. The molecule has 37 heavy (non-hydrogen) atoms. The number of anilines is 1. The Morgan fingerprint density at radius 2 is 1.92 bits per heavy atom. The molecule has 0 saturated carbocycles. The monoisotopic (exact) mass is 497 g/mol. The molecule has 0 atom stereocenters. The quantitative estimate of drug-likeness (QED) is 0.404. The molecule has 4 aromatic rings. The molecule has 0 bridgehead atoms. The van der Waals surface area contributed by atoms with Crippen LogP contribution in [0.25, 0.3) is 27.6 Å². The van der Waals surface area contributed by atoms with Gasteiger partial charge in [0, 0.05) is 63.4 Å². The van der Waals surface area contributed by atoms with Crippen LogP contribution < -0.4 is 5.32 Å². The molecule has 190 valence electrons. The topological polar surface area (TPSA) is 99.1 Å². The standard InChI is InChI=1S/C28H31N7O2/c1-29-22-8-6-19(7-9-22)23-15-21(16-25-24(23)17-26(31-25)28(37)33(2)3)20-5-4-12-34(18-20)27(36)10-13-35-14-11-30-32-35/h5-9,11,14-17,29,31H,4,10,12-13,18H2,1-3H3. The number of fused-ring (bicyclic) bond motifs is 1. The van der Waals surface area contributed by atoms with Gasteiger partial charge in [-0.25, -0.2) is 0 Å². The number of carbonyl (C=O) groups excluding carboxylic acids is 2. The number of amides is 2. The maximum atomic E-state index is 13.0. The fraction of sp³-hybridized carbons (Fsp3) is 0.286. The number of H-pyrrole nitrogens is 1. The first-order chi connectivity index (χ1) is 17.9. The first-order valence-electron chi connectivity index (χ1n) is 12.4. The van der Waals surface area contributed by atoms with E-state index in [2.05, 4.69) is 51.0 Å². The average molecular weight is 498 g/mol. The predicted molar refractivity (Wildman–Crippen MR) is 145 cm³/mol. The van der Waals surface area contributed by atoms with Crippen LogP contribution in [0.4, 0.5) is 5.69 Å². The highest BCUT2D eigenvalue weighted by Crippen LogP contribution is 2.35. The summed E-state index contributed by atoms with van der Waals surface area (Å²) in [6.45, 7) is 1.76. The number of nitrogens with one attached hydrogen (secondary N) is 2. The van der Waals surface area contributed by atoms with E-state index in [1.165, 1.54) is 0 Å². The van der Waals surface area contributed by atoms with Crippen LogP contribution in [0.5, 0.6) is 0 Å². The summed E-state index contributed by atoms with van der Waals surface area (Å²) in [4.78, 5) is 32.5. The Bertz CT molecular complexity index is 1450. The van der Waals surface area contributed by atoms with E-state index in [1.807, 2.05) is 30.1 Å². The zero-order valence-electron chi connectivity index (χ0n) is 21.4. The van der Waals surface area contributed by atoms with Crippen molar-refractivity contribution in [1.82, 2.24) is 29.8 Å². The highest BCUT2D eigenvalue weighted by Gasteiger charge is 2.21. The van der Waals surface area contributed by atoms with E-state index in [9.17, 15) is 9.59 Å². The Hall–Kier alpha value is -4.40. The highest BCUT2D eigenvalue weighted by atomic mass is 16.2.